The first-order valence-corrected chi connectivity index (χ1v) is 6.80. The minimum atomic E-state index is -0.169. The highest BCUT2D eigenvalue weighted by molar-refractivity contribution is 5.47. The number of nitrogens with zero attached hydrogens (tertiary/aromatic N) is 2. The van der Waals surface area contributed by atoms with Gasteiger partial charge in [0.15, 0.2) is 0 Å². The van der Waals surface area contributed by atoms with Crippen LogP contribution in [-0.2, 0) is 6.54 Å². The van der Waals surface area contributed by atoms with E-state index in [9.17, 15) is 5.11 Å². The Kier molecular flexibility index (Phi) is 5.01. The molecule has 1 unspecified atom stereocenters. The van der Waals surface area contributed by atoms with E-state index in [-0.39, 0.29) is 12.6 Å². The zero-order chi connectivity index (χ0) is 14.4. The molecule has 2 N–H and O–H groups in total. The smallest absolute Gasteiger partial charge is 0.119 e. The molecule has 0 spiro atoms. The van der Waals surface area contributed by atoms with E-state index in [4.69, 9.17) is 4.74 Å². The van der Waals surface area contributed by atoms with Crippen LogP contribution in [0.2, 0.25) is 0 Å². The van der Waals surface area contributed by atoms with Crippen LogP contribution in [0, 0.1) is 0 Å². The first-order chi connectivity index (χ1) is 9.78. The van der Waals surface area contributed by atoms with E-state index < -0.39 is 0 Å². The van der Waals surface area contributed by atoms with Crippen LogP contribution in [0.1, 0.15) is 25.1 Å². The maximum Gasteiger partial charge on any atom is 0.119 e. The molecule has 0 aliphatic heterocycles. The average molecular weight is 275 g/mol. The number of aromatic nitrogens is 2. The summed E-state index contributed by atoms with van der Waals surface area (Å²) in [6.45, 7) is 3.03. The van der Waals surface area contributed by atoms with Crippen LogP contribution in [-0.4, -0.2) is 28.4 Å². The third kappa shape index (κ3) is 3.30. The molecule has 1 atom stereocenters. The highest BCUT2D eigenvalue weighted by Crippen LogP contribution is 2.21. The Balaban J connectivity index is 2.13. The van der Waals surface area contributed by atoms with Gasteiger partial charge in [-0.15, -0.1) is 0 Å². The number of nitrogens with one attached hydrogen (secondary N) is 1. The molecule has 5 heteroatoms. The van der Waals surface area contributed by atoms with Gasteiger partial charge in [0.1, 0.15) is 5.75 Å². The number of ether oxygens (including phenoxy) is 1. The van der Waals surface area contributed by atoms with Crippen molar-refractivity contribution in [2.24, 2.45) is 0 Å². The summed E-state index contributed by atoms with van der Waals surface area (Å²) in [6.07, 6.45) is 4.63. The van der Waals surface area contributed by atoms with Crippen molar-refractivity contribution in [3.8, 4) is 5.75 Å². The fourth-order valence-corrected chi connectivity index (χ4v) is 2.15. The summed E-state index contributed by atoms with van der Waals surface area (Å²) < 4.78 is 7.20. The Labute approximate surface area is 119 Å². The molecule has 108 valence electrons. The molecule has 0 amide bonds. The van der Waals surface area contributed by atoms with Crippen LogP contribution >= 0.6 is 0 Å². The summed E-state index contributed by atoms with van der Waals surface area (Å²) in [5, 5.41) is 12.9. The van der Waals surface area contributed by atoms with Crippen molar-refractivity contribution in [1.29, 1.82) is 0 Å². The molecule has 2 rings (SSSR count). The molecule has 2 aromatic rings. The van der Waals surface area contributed by atoms with E-state index in [1.165, 1.54) is 0 Å². The highest BCUT2D eigenvalue weighted by atomic mass is 16.5. The molecule has 0 saturated heterocycles. The Morgan fingerprint density at radius 2 is 2.10 bits per heavy atom. The Hall–Kier alpha value is -2.01. The monoisotopic (exact) mass is 275 g/mol. The zero-order valence-corrected chi connectivity index (χ0v) is 11.9. The van der Waals surface area contributed by atoms with Crippen molar-refractivity contribution in [2.75, 3.05) is 19.0 Å². The van der Waals surface area contributed by atoms with Gasteiger partial charge in [-0.05, 0) is 30.7 Å². The van der Waals surface area contributed by atoms with Crippen molar-refractivity contribution < 1.29 is 9.84 Å². The zero-order valence-electron chi connectivity index (χ0n) is 11.9. The Morgan fingerprint density at radius 1 is 1.35 bits per heavy atom. The van der Waals surface area contributed by atoms with E-state index in [0.29, 0.717) is 0 Å². The van der Waals surface area contributed by atoms with Gasteiger partial charge in [-0.3, -0.25) is 0 Å². The molecule has 0 radical (unpaired) electrons. The Morgan fingerprint density at radius 3 is 2.70 bits per heavy atom. The van der Waals surface area contributed by atoms with E-state index in [1.54, 1.807) is 19.6 Å². The van der Waals surface area contributed by atoms with Gasteiger partial charge in [-0.1, -0.05) is 6.92 Å². The number of benzene rings is 1. The van der Waals surface area contributed by atoms with E-state index >= 15 is 0 Å². The van der Waals surface area contributed by atoms with E-state index in [0.717, 1.165) is 30.1 Å². The largest absolute Gasteiger partial charge is 0.497 e. The van der Waals surface area contributed by atoms with Crippen LogP contribution in [0.4, 0.5) is 5.69 Å². The first-order valence-electron chi connectivity index (χ1n) is 6.80. The topological polar surface area (TPSA) is 59.3 Å². The third-order valence-electron chi connectivity index (χ3n) is 3.18. The molecule has 0 saturated carbocycles. The van der Waals surface area contributed by atoms with E-state index in [1.807, 2.05) is 24.3 Å². The number of hydrogen-bond donors (Lipinski definition) is 2. The molecular formula is C15H21N3O2. The SMILES string of the molecule is CCCn1cncc1C(CO)Nc1ccc(OC)cc1. The molecule has 1 aromatic heterocycles. The third-order valence-corrected chi connectivity index (χ3v) is 3.18. The summed E-state index contributed by atoms with van der Waals surface area (Å²) in [7, 11) is 1.64. The maximum atomic E-state index is 9.62. The minimum absolute atomic E-state index is 0.0153. The molecule has 20 heavy (non-hydrogen) atoms. The number of anilines is 1. The molecule has 5 nitrogen and oxygen atoms in total. The van der Waals surface area contributed by atoms with Gasteiger partial charge in [0.05, 0.1) is 38.0 Å². The quantitative estimate of drug-likeness (QED) is 0.815. The summed E-state index contributed by atoms with van der Waals surface area (Å²) in [6, 6.07) is 7.47. The lowest BCUT2D eigenvalue weighted by molar-refractivity contribution is 0.271. The van der Waals surface area contributed by atoms with Gasteiger partial charge in [0.25, 0.3) is 0 Å². The van der Waals surface area contributed by atoms with Crippen LogP contribution in [0.5, 0.6) is 5.75 Å². The first kappa shape index (κ1) is 14.4. The lowest BCUT2D eigenvalue weighted by Crippen LogP contribution is -2.18. The summed E-state index contributed by atoms with van der Waals surface area (Å²) >= 11 is 0. The van der Waals surface area contributed by atoms with Crippen LogP contribution in [0.3, 0.4) is 0 Å². The van der Waals surface area contributed by atoms with Crippen molar-refractivity contribution >= 4 is 5.69 Å². The van der Waals surface area contributed by atoms with Crippen molar-refractivity contribution in [3.05, 3.63) is 42.5 Å². The second kappa shape index (κ2) is 6.96. The fourth-order valence-electron chi connectivity index (χ4n) is 2.15. The molecule has 0 aliphatic carbocycles. The number of hydrogen-bond acceptors (Lipinski definition) is 4. The Bertz CT molecular complexity index is 522. The van der Waals surface area contributed by atoms with Gasteiger partial charge in [0.2, 0.25) is 0 Å². The molecule has 0 fully saturated rings. The molecule has 1 heterocycles. The van der Waals surface area contributed by atoms with Gasteiger partial charge < -0.3 is 19.7 Å². The lowest BCUT2D eigenvalue weighted by atomic mass is 10.2. The van der Waals surface area contributed by atoms with Gasteiger partial charge >= 0.3 is 0 Å². The number of rotatable bonds is 7. The predicted octanol–water partition coefficient (Wildman–Crippen LogP) is 2.45. The number of aryl methyl sites for hydroxylation is 1. The predicted molar refractivity (Wildman–Crippen MR) is 79.0 cm³/mol. The number of imidazole rings is 1. The second-order valence-corrected chi connectivity index (χ2v) is 4.62. The minimum Gasteiger partial charge on any atom is -0.497 e. The average Bonchev–Trinajstić information content (AvgIpc) is 2.94. The van der Waals surface area contributed by atoms with Crippen molar-refractivity contribution in [1.82, 2.24) is 9.55 Å². The number of aliphatic hydroxyl groups excluding tert-OH is 1. The lowest BCUT2D eigenvalue weighted by Gasteiger charge is -2.19. The molecule has 1 aromatic carbocycles. The van der Waals surface area contributed by atoms with Crippen molar-refractivity contribution in [2.45, 2.75) is 25.9 Å². The molecular weight excluding hydrogens is 254 g/mol. The summed E-state index contributed by atoms with van der Waals surface area (Å²) in [4.78, 5) is 4.17. The number of methoxy groups -OCH3 is 1. The second-order valence-electron chi connectivity index (χ2n) is 4.62. The van der Waals surface area contributed by atoms with Crippen LogP contribution < -0.4 is 10.1 Å². The summed E-state index contributed by atoms with van der Waals surface area (Å²) in [5.41, 5.74) is 1.93. The van der Waals surface area contributed by atoms with Gasteiger partial charge in [-0.25, -0.2) is 4.98 Å². The van der Waals surface area contributed by atoms with Crippen LogP contribution in [0.25, 0.3) is 0 Å². The van der Waals surface area contributed by atoms with Gasteiger partial charge in [-0.2, -0.15) is 0 Å². The molecule has 0 aliphatic rings. The molecule has 0 bridgehead atoms. The normalized spacial score (nSPS) is 12.2. The maximum absolute atomic E-state index is 9.62. The van der Waals surface area contributed by atoms with Crippen LogP contribution in [0.15, 0.2) is 36.8 Å². The fraction of sp³-hybridized carbons (Fsp3) is 0.400. The highest BCUT2D eigenvalue weighted by Gasteiger charge is 2.14. The van der Waals surface area contributed by atoms with Gasteiger partial charge in [0, 0.05) is 12.2 Å². The number of aliphatic hydroxyl groups is 1. The summed E-state index contributed by atoms with van der Waals surface area (Å²) in [5.74, 6) is 0.812. The standard InChI is InChI=1S/C15H21N3O2/c1-3-8-18-11-16-9-15(18)14(10-19)17-12-4-6-13(20-2)7-5-12/h4-7,9,11,14,17,19H,3,8,10H2,1-2H3. The van der Waals surface area contributed by atoms with E-state index in [2.05, 4.69) is 21.8 Å². The van der Waals surface area contributed by atoms with Crippen molar-refractivity contribution in [3.63, 3.8) is 0 Å².